The second kappa shape index (κ2) is 6.05. The summed E-state index contributed by atoms with van der Waals surface area (Å²) in [5.74, 6) is -1.77. The van der Waals surface area contributed by atoms with Crippen LogP contribution in [0.2, 0.25) is 0 Å². The van der Waals surface area contributed by atoms with Gasteiger partial charge in [-0.15, -0.1) is 0 Å². The van der Waals surface area contributed by atoms with E-state index in [4.69, 9.17) is 4.74 Å². The lowest BCUT2D eigenvalue weighted by molar-refractivity contribution is -0.132. The quantitative estimate of drug-likeness (QED) is 0.613. The molecular weight excluding hydrogens is 342 g/mol. The lowest BCUT2D eigenvalue weighted by atomic mass is 9.82. The van der Waals surface area contributed by atoms with Crippen LogP contribution in [0, 0.1) is 5.92 Å². The van der Waals surface area contributed by atoms with Crippen LogP contribution in [0.5, 0.6) is 0 Å². The summed E-state index contributed by atoms with van der Waals surface area (Å²) in [6, 6.07) is 16.0. The van der Waals surface area contributed by atoms with E-state index in [1.165, 1.54) is 0 Å². The number of hydrogen-bond donors (Lipinski definition) is 0. The number of Topliss-reactive ketones (excluding diaryl/α,β-unsaturated/α-hetero) is 1. The smallest absolute Gasteiger partial charge is 0.417 e. The van der Waals surface area contributed by atoms with E-state index in [0.29, 0.717) is 5.56 Å². The molecule has 27 heavy (non-hydrogen) atoms. The van der Waals surface area contributed by atoms with E-state index in [1.54, 1.807) is 31.2 Å². The van der Waals surface area contributed by atoms with Gasteiger partial charge in [-0.05, 0) is 18.1 Å². The second-order valence-electron chi connectivity index (χ2n) is 7.72. The van der Waals surface area contributed by atoms with Crippen LogP contribution >= 0.6 is 0 Å². The standard InChI is InChI=1S/C22H21NO4/c1-13(17(24)14-9-5-4-6-10-14)20(25)23-19-18(27-21(23)26)15-11-7-8-12-16(15)22(19,2)3/h4-13,18-19H,1-3H3/t13-,18-,19-/m0/s1. The van der Waals surface area contributed by atoms with Gasteiger partial charge in [0.25, 0.3) is 0 Å². The molecule has 2 aromatic carbocycles. The molecule has 2 amide bonds. The van der Waals surface area contributed by atoms with Crippen LogP contribution in [0.4, 0.5) is 4.79 Å². The molecule has 4 rings (SSSR count). The van der Waals surface area contributed by atoms with Crippen molar-refractivity contribution in [1.82, 2.24) is 4.90 Å². The average molecular weight is 363 g/mol. The van der Waals surface area contributed by atoms with Crippen molar-refractivity contribution >= 4 is 17.8 Å². The molecule has 2 aromatic rings. The van der Waals surface area contributed by atoms with Crippen LogP contribution in [0.15, 0.2) is 54.6 Å². The molecule has 1 aliphatic heterocycles. The molecule has 5 heteroatoms. The number of imide groups is 1. The third kappa shape index (κ3) is 2.49. The molecular formula is C22H21NO4. The molecule has 0 saturated carbocycles. The number of carbonyl (C=O) groups is 3. The van der Waals surface area contributed by atoms with Gasteiger partial charge in [-0.2, -0.15) is 0 Å². The molecule has 0 spiro atoms. The van der Waals surface area contributed by atoms with Crippen molar-refractivity contribution in [3.8, 4) is 0 Å². The first kappa shape index (κ1) is 17.5. The minimum Gasteiger partial charge on any atom is -0.439 e. The zero-order chi connectivity index (χ0) is 19.3. The largest absolute Gasteiger partial charge is 0.439 e. The van der Waals surface area contributed by atoms with Gasteiger partial charge in [-0.25, -0.2) is 9.69 Å². The summed E-state index contributed by atoms with van der Waals surface area (Å²) in [4.78, 5) is 39.6. The summed E-state index contributed by atoms with van der Waals surface area (Å²) in [5.41, 5.74) is 1.99. The predicted octanol–water partition coefficient (Wildman–Crippen LogP) is 3.89. The molecule has 2 aliphatic rings. The van der Waals surface area contributed by atoms with Crippen LogP contribution < -0.4 is 0 Å². The number of hydrogen-bond acceptors (Lipinski definition) is 4. The number of nitrogens with zero attached hydrogens (tertiary/aromatic N) is 1. The third-order valence-electron chi connectivity index (χ3n) is 5.75. The van der Waals surface area contributed by atoms with Gasteiger partial charge in [0, 0.05) is 11.0 Å². The Hall–Kier alpha value is -2.95. The van der Waals surface area contributed by atoms with Crippen molar-refractivity contribution in [3.05, 3.63) is 71.3 Å². The molecule has 0 aromatic heterocycles. The van der Waals surface area contributed by atoms with Crippen molar-refractivity contribution < 1.29 is 19.1 Å². The number of ketones is 1. The number of amides is 2. The van der Waals surface area contributed by atoms with Gasteiger partial charge in [0.15, 0.2) is 11.9 Å². The maximum atomic E-state index is 13.2. The SMILES string of the molecule is C[C@@H](C(=O)c1ccccc1)C(=O)N1C(=O)O[C@H]2c3ccccc3C(C)(C)[C@H]21. The highest BCUT2D eigenvalue weighted by Gasteiger charge is 2.59. The van der Waals surface area contributed by atoms with Crippen LogP contribution in [0.3, 0.4) is 0 Å². The average Bonchev–Trinajstić information content (AvgIpc) is 3.14. The Morgan fingerprint density at radius 1 is 1.04 bits per heavy atom. The summed E-state index contributed by atoms with van der Waals surface area (Å²) in [6.45, 7) is 5.55. The Morgan fingerprint density at radius 3 is 2.37 bits per heavy atom. The Kier molecular flexibility index (Phi) is 3.91. The van der Waals surface area contributed by atoms with E-state index < -0.39 is 35.5 Å². The van der Waals surface area contributed by atoms with E-state index in [9.17, 15) is 14.4 Å². The molecule has 138 valence electrons. The number of benzene rings is 2. The molecule has 0 unspecified atom stereocenters. The first-order valence-electron chi connectivity index (χ1n) is 9.06. The lowest BCUT2D eigenvalue weighted by Gasteiger charge is -2.32. The van der Waals surface area contributed by atoms with Crippen molar-refractivity contribution in [1.29, 1.82) is 0 Å². The topological polar surface area (TPSA) is 63.7 Å². The molecule has 3 atom stereocenters. The zero-order valence-corrected chi connectivity index (χ0v) is 15.5. The molecule has 5 nitrogen and oxygen atoms in total. The monoisotopic (exact) mass is 363 g/mol. The lowest BCUT2D eigenvalue weighted by Crippen LogP contribution is -2.49. The summed E-state index contributed by atoms with van der Waals surface area (Å²) < 4.78 is 5.57. The highest BCUT2D eigenvalue weighted by molar-refractivity contribution is 6.12. The molecule has 1 fully saturated rings. The van der Waals surface area contributed by atoms with Gasteiger partial charge in [-0.1, -0.05) is 68.4 Å². The molecule has 0 bridgehead atoms. The fourth-order valence-electron chi connectivity index (χ4n) is 4.31. The van der Waals surface area contributed by atoms with Gasteiger partial charge in [-0.3, -0.25) is 9.59 Å². The normalized spacial score (nSPS) is 23.4. The highest BCUT2D eigenvalue weighted by Crippen LogP contribution is 2.52. The van der Waals surface area contributed by atoms with Crippen molar-refractivity contribution in [3.63, 3.8) is 0 Å². The first-order valence-corrected chi connectivity index (χ1v) is 9.06. The number of rotatable bonds is 3. The van der Waals surface area contributed by atoms with Gasteiger partial charge in [0.05, 0.1) is 12.0 Å². The number of fused-ring (bicyclic) bond motifs is 3. The second-order valence-corrected chi connectivity index (χ2v) is 7.72. The van der Waals surface area contributed by atoms with E-state index in [1.807, 2.05) is 44.2 Å². The van der Waals surface area contributed by atoms with Crippen LogP contribution in [-0.4, -0.2) is 28.7 Å². The highest BCUT2D eigenvalue weighted by atomic mass is 16.6. The van der Waals surface area contributed by atoms with Gasteiger partial charge in [0.1, 0.15) is 0 Å². The van der Waals surface area contributed by atoms with E-state index in [-0.39, 0.29) is 5.78 Å². The predicted molar refractivity (Wildman–Crippen MR) is 99.3 cm³/mol. The van der Waals surface area contributed by atoms with Gasteiger partial charge in [0.2, 0.25) is 5.91 Å². The fraction of sp³-hybridized carbons (Fsp3) is 0.318. The molecule has 1 heterocycles. The maximum Gasteiger partial charge on any atom is 0.417 e. The molecule has 1 aliphatic carbocycles. The first-order chi connectivity index (χ1) is 12.8. The molecule has 0 N–H and O–H groups in total. The summed E-state index contributed by atoms with van der Waals surface area (Å²) in [5, 5.41) is 0. The number of ether oxygens (including phenoxy) is 1. The summed E-state index contributed by atoms with van der Waals surface area (Å²) >= 11 is 0. The van der Waals surface area contributed by atoms with E-state index >= 15 is 0 Å². The van der Waals surface area contributed by atoms with Crippen molar-refractivity contribution in [2.24, 2.45) is 5.92 Å². The van der Waals surface area contributed by atoms with Crippen LogP contribution in [-0.2, 0) is 14.9 Å². The molecule has 1 saturated heterocycles. The van der Waals surface area contributed by atoms with Crippen LogP contribution in [0.1, 0.15) is 48.4 Å². The summed E-state index contributed by atoms with van der Waals surface area (Å²) in [7, 11) is 0. The maximum absolute atomic E-state index is 13.2. The van der Waals surface area contributed by atoms with Gasteiger partial charge >= 0.3 is 6.09 Å². The van der Waals surface area contributed by atoms with E-state index in [2.05, 4.69) is 0 Å². The van der Waals surface area contributed by atoms with Crippen molar-refractivity contribution in [2.75, 3.05) is 0 Å². The Labute approximate surface area is 157 Å². The minimum absolute atomic E-state index is 0.301. The van der Waals surface area contributed by atoms with Crippen molar-refractivity contribution in [2.45, 2.75) is 38.3 Å². The Morgan fingerprint density at radius 2 is 1.67 bits per heavy atom. The Bertz CT molecular complexity index is 934. The Balaban J connectivity index is 1.67. The molecule has 0 radical (unpaired) electrons. The fourth-order valence-corrected chi connectivity index (χ4v) is 4.31. The summed E-state index contributed by atoms with van der Waals surface area (Å²) in [6.07, 6.45) is -1.17. The minimum atomic E-state index is -0.960. The third-order valence-corrected chi connectivity index (χ3v) is 5.75. The van der Waals surface area contributed by atoms with Gasteiger partial charge < -0.3 is 4.74 Å². The zero-order valence-electron chi connectivity index (χ0n) is 15.5. The number of carbonyl (C=O) groups excluding carboxylic acids is 3. The van der Waals surface area contributed by atoms with Crippen LogP contribution in [0.25, 0.3) is 0 Å². The van der Waals surface area contributed by atoms with E-state index in [0.717, 1.165) is 16.0 Å².